The van der Waals surface area contributed by atoms with Gasteiger partial charge in [0.15, 0.2) is 5.82 Å². The van der Waals surface area contributed by atoms with E-state index in [0.717, 1.165) is 61.0 Å². The van der Waals surface area contributed by atoms with Gasteiger partial charge in [0.2, 0.25) is 0 Å². The molecule has 3 N–H and O–H groups in total. The number of hydrogen-bond donors (Lipinski definition) is 3. The largest absolute Gasteiger partial charge is 0.491 e. The Morgan fingerprint density at radius 3 is 2.79 bits per heavy atom. The second-order valence-electron chi connectivity index (χ2n) is 10.4. The zero-order chi connectivity index (χ0) is 26.6. The summed E-state index contributed by atoms with van der Waals surface area (Å²) in [6.07, 6.45) is 1.38. The van der Waals surface area contributed by atoms with E-state index < -0.39 is 6.10 Å². The van der Waals surface area contributed by atoms with Gasteiger partial charge in [0.1, 0.15) is 30.1 Å². The van der Waals surface area contributed by atoms with Crippen LogP contribution in [0, 0.1) is 20.8 Å². The van der Waals surface area contributed by atoms with Gasteiger partial charge in [-0.3, -0.25) is 4.68 Å². The molecule has 1 aromatic carbocycles. The van der Waals surface area contributed by atoms with Crippen molar-refractivity contribution in [1.82, 2.24) is 25.1 Å². The Bertz CT molecular complexity index is 1240. The van der Waals surface area contributed by atoms with Gasteiger partial charge in [0, 0.05) is 43.1 Å². The Morgan fingerprint density at radius 2 is 2.05 bits per heavy atom. The maximum atomic E-state index is 10.0. The number of anilines is 2. The number of aliphatic hydroxyl groups excluding tert-OH is 1. The van der Waals surface area contributed by atoms with Crippen LogP contribution in [-0.2, 0) is 4.74 Å². The Hall–Kier alpha value is -3.21. The summed E-state index contributed by atoms with van der Waals surface area (Å²) in [5.74, 6) is 3.10. The SMILES string of the molecule is CNCC(O)COc1cccc(-c2nc(N[C@@H]3CCOC3)c(C)c(N3CCC(n4nc(C)cc4C)C3)n2)c1. The smallest absolute Gasteiger partial charge is 0.164 e. The third-order valence-corrected chi connectivity index (χ3v) is 7.22. The summed E-state index contributed by atoms with van der Waals surface area (Å²) in [4.78, 5) is 12.4. The van der Waals surface area contributed by atoms with E-state index in [1.807, 2.05) is 31.2 Å². The molecule has 10 heteroatoms. The lowest BCUT2D eigenvalue weighted by atomic mass is 10.1. The number of hydrogen-bond acceptors (Lipinski definition) is 9. The first-order valence-electron chi connectivity index (χ1n) is 13.5. The number of aryl methyl sites for hydroxylation is 2. The van der Waals surface area contributed by atoms with Gasteiger partial charge >= 0.3 is 0 Å². The number of benzene rings is 1. The van der Waals surface area contributed by atoms with Gasteiger partial charge in [-0.05, 0) is 58.9 Å². The average molecular weight is 522 g/mol. The lowest BCUT2D eigenvalue weighted by molar-refractivity contribution is 0.108. The molecule has 5 rings (SSSR count). The minimum absolute atomic E-state index is 0.209. The zero-order valence-corrected chi connectivity index (χ0v) is 22.8. The molecule has 10 nitrogen and oxygen atoms in total. The maximum absolute atomic E-state index is 10.0. The predicted octanol–water partition coefficient (Wildman–Crippen LogP) is 2.88. The fourth-order valence-corrected chi connectivity index (χ4v) is 5.29. The molecule has 3 atom stereocenters. The van der Waals surface area contributed by atoms with E-state index in [-0.39, 0.29) is 12.6 Å². The van der Waals surface area contributed by atoms with Crippen molar-refractivity contribution in [3.05, 3.63) is 47.3 Å². The second kappa shape index (κ2) is 11.7. The van der Waals surface area contributed by atoms with Gasteiger partial charge in [0.25, 0.3) is 0 Å². The first-order chi connectivity index (χ1) is 18.4. The minimum atomic E-state index is -0.583. The van der Waals surface area contributed by atoms with Crippen molar-refractivity contribution in [3.63, 3.8) is 0 Å². The minimum Gasteiger partial charge on any atom is -0.491 e. The number of nitrogens with zero attached hydrogens (tertiary/aromatic N) is 5. The molecule has 4 heterocycles. The number of ether oxygens (including phenoxy) is 2. The number of rotatable bonds is 10. The maximum Gasteiger partial charge on any atom is 0.164 e. The second-order valence-corrected chi connectivity index (χ2v) is 10.4. The van der Waals surface area contributed by atoms with Crippen LogP contribution in [0.2, 0.25) is 0 Å². The van der Waals surface area contributed by atoms with Crippen LogP contribution in [0.5, 0.6) is 5.75 Å². The first-order valence-corrected chi connectivity index (χ1v) is 13.5. The molecule has 0 spiro atoms. The third-order valence-electron chi connectivity index (χ3n) is 7.22. The normalized spacial score (nSPS) is 20.2. The highest BCUT2D eigenvalue weighted by Gasteiger charge is 2.29. The number of aliphatic hydroxyl groups is 1. The Balaban J connectivity index is 1.44. The van der Waals surface area contributed by atoms with Crippen LogP contribution in [0.15, 0.2) is 30.3 Å². The standard InChI is InChI=1S/C28H39N7O3/c1-18-12-19(2)35(33-18)23-8-10-34(15-23)28-20(3)26(30-22-9-11-37-16-22)31-27(32-28)21-6-5-7-25(13-21)38-17-24(36)14-29-4/h5-7,12-13,22-24,29,36H,8-11,14-17H2,1-4H3,(H,30,31,32)/t22-,23?,24?/m1/s1. The molecule has 0 saturated carbocycles. The highest BCUT2D eigenvalue weighted by atomic mass is 16.5. The number of nitrogens with one attached hydrogen (secondary N) is 2. The molecule has 2 fully saturated rings. The topological polar surface area (TPSA) is 110 Å². The van der Waals surface area contributed by atoms with Crippen LogP contribution in [0.1, 0.15) is 35.8 Å². The number of aromatic nitrogens is 4. The monoisotopic (exact) mass is 521 g/mol. The van der Waals surface area contributed by atoms with Crippen molar-refractivity contribution < 1.29 is 14.6 Å². The highest BCUT2D eigenvalue weighted by molar-refractivity contribution is 5.67. The molecule has 0 bridgehead atoms. The molecule has 2 aromatic heterocycles. The average Bonchev–Trinajstić information content (AvgIpc) is 3.66. The van der Waals surface area contributed by atoms with E-state index in [4.69, 9.17) is 24.5 Å². The van der Waals surface area contributed by atoms with Crippen molar-refractivity contribution in [3.8, 4) is 17.1 Å². The van der Waals surface area contributed by atoms with Gasteiger partial charge < -0.3 is 30.1 Å². The van der Waals surface area contributed by atoms with E-state index in [0.29, 0.717) is 30.8 Å². The first kappa shape index (κ1) is 26.4. The Kier molecular flexibility index (Phi) is 8.11. The molecule has 0 radical (unpaired) electrons. The third kappa shape index (κ3) is 5.92. The summed E-state index contributed by atoms with van der Waals surface area (Å²) in [6.45, 7) is 10.1. The van der Waals surface area contributed by atoms with Crippen molar-refractivity contribution in [2.24, 2.45) is 0 Å². The quantitative estimate of drug-likeness (QED) is 0.371. The summed E-state index contributed by atoms with van der Waals surface area (Å²) < 4.78 is 13.6. The highest BCUT2D eigenvalue weighted by Crippen LogP contribution is 2.34. The molecule has 0 aliphatic carbocycles. The summed E-state index contributed by atoms with van der Waals surface area (Å²) >= 11 is 0. The lowest BCUT2D eigenvalue weighted by Gasteiger charge is -2.24. The van der Waals surface area contributed by atoms with Crippen LogP contribution < -0.4 is 20.3 Å². The van der Waals surface area contributed by atoms with E-state index in [1.165, 1.54) is 5.69 Å². The molecule has 204 valence electrons. The van der Waals surface area contributed by atoms with Crippen LogP contribution in [-0.4, -0.2) is 83.5 Å². The van der Waals surface area contributed by atoms with Crippen LogP contribution in [0.3, 0.4) is 0 Å². The van der Waals surface area contributed by atoms with Crippen LogP contribution >= 0.6 is 0 Å². The Morgan fingerprint density at radius 1 is 1.18 bits per heavy atom. The fraction of sp³-hybridized carbons (Fsp3) is 0.536. The molecule has 2 saturated heterocycles. The van der Waals surface area contributed by atoms with Crippen molar-refractivity contribution >= 4 is 11.6 Å². The van der Waals surface area contributed by atoms with Gasteiger partial charge in [0.05, 0.1) is 24.4 Å². The van der Waals surface area contributed by atoms with Crippen molar-refractivity contribution in [1.29, 1.82) is 0 Å². The number of likely N-dealkylation sites (N-methyl/N-ethyl adjacent to an activating group) is 1. The molecule has 38 heavy (non-hydrogen) atoms. The summed E-state index contributed by atoms with van der Waals surface area (Å²) in [6, 6.07) is 10.4. The van der Waals surface area contributed by atoms with Crippen molar-refractivity contribution in [2.45, 2.75) is 51.8 Å². The van der Waals surface area contributed by atoms with Gasteiger partial charge in [-0.15, -0.1) is 0 Å². The molecule has 2 aliphatic heterocycles. The predicted molar refractivity (Wildman–Crippen MR) is 148 cm³/mol. The van der Waals surface area contributed by atoms with E-state index in [9.17, 15) is 5.11 Å². The van der Waals surface area contributed by atoms with Crippen LogP contribution in [0.25, 0.3) is 11.4 Å². The van der Waals surface area contributed by atoms with E-state index >= 15 is 0 Å². The fourth-order valence-electron chi connectivity index (χ4n) is 5.29. The van der Waals surface area contributed by atoms with Crippen LogP contribution in [0.4, 0.5) is 11.6 Å². The summed E-state index contributed by atoms with van der Waals surface area (Å²) in [7, 11) is 1.80. The van der Waals surface area contributed by atoms with E-state index in [1.54, 1.807) is 7.05 Å². The summed E-state index contributed by atoms with van der Waals surface area (Å²) in [5, 5.41) is 21.3. The molecule has 0 amide bonds. The van der Waals surface area contributed by atoms with Gasteiger partial charge in [-0.25, -0.2) is 9.97 Å². The van der Waals surface area contributed by atoms with Gasteiger partial charge in [-0.1, -0.05) is 12.1 Å². The molecule has 2 aliphatic rings. The zero-order valence-electron chi connectivity index (χ0n) is 22.8. The van der Waals surface area contributed by atoms with Crippen molar-refractivity contribution in [2.75, 3.05) is 56.7 Å². The molecule has 3 aromatic rings. The molecular formula is C28H39N7O3. The Labute approximate surface area is 224 Å². The van der Waals surface area contributed by atoms with Gasteiger partial charge in [-0.2, -0.15) is 5.10 Å². The van der Waals surface area contributed by atoms with E-state index in [2.05, 4.69) is 40.1 Å². The molecular weight excluding hydrogens is 482 g/mol. The molecule has 2 unspecified atom stereocenters. The summed E-state index contributed by atoms with van der Waals surface area (Å²) in [5.41, 5.74) is 4.14. The lowest BCUT2D eigenvalue weighted by Crippen LogP contribution is -2.29.